The number of hydrogen-bond acceptors (Lipinski definition) is 3. The summed E-state index contributed by atoms with van der Waals surface area (Å²) in [6.07, 6.45) is 0. The van der Waals surface area contributed by atoms with Crippen molar-refractivity contribution in [3.05, 3.63) is 36.4 Å². The zero-order chi connectivity index (χ0) is 7.66. The van der Waals surface area contributed by atoms with Gasteiger partial charge in [0.1, 0.15) is 0 Å². The Bertz CT molecular complexity index is 123. The van der Waals surface area contributed by atoms with E-state index in [1.807, 2.05) is 36.4 Å². The van der Waals surface area contributed by atoms with Crippen molar-refractivity contribution in [3.63, 3.8) is 0 Å². The fourth-order valence-corrected chi connectivity index (χ4v) is 0.385. The highest BCUT2D eigenvalue weighted by Crippen LogP contribution is 1.79. The molecule has 0 aliphatic carbocycles. The SMILES string of the molecule is O=COO.c1ccccc1. The summed E-state index contributed by atoms with van der Waals surface area (Å²) in [5, 5.41) is 7.01. The molecule has 1 rings (SSSR count). The van der Waals surface area contributed by atoms with E-state index >= 15 is 0 Å². The van der Waals surface area contributed by atoms with E-state index in [9.17, 15) is 0 Å². The van der Waals surface area contributed by atoms with Crippen molar-refractivity contribution in [1.82, 2.24) is 0 Å². The van der Waals surface area contributed by atoms with Crippen LogP contribution in [0.5, 0.6) is 0 Å². The molecule has 0 aliphatic heterocycles. The molecule has 0 aromatic heterocycles. The zero-order valence-electron chi connectivity index (χ0n) is 5.31. The molecule has 0 fully saturated rings. The lowest BCUT2D eigenvalue weighted by atomic mass is 10.4. The minimum absolute atomic E-state index is 0.0694. The lowest BCUT2D eigenvalue weighted by molar-refractivity contribution is -0.217. The molecule has 0 radical (unpaired) electrons. The van der Waals surface area contributed by atoms with Gasteiger partial charge in [0.2, 0.25) is 0 Å². The smallest absolute Gasteiger partial charge is 0.304 e. The number of benzene rings is 1. The summed E-state index contributed by atoms with van der Waals surface area (Å²) < 4.78 is 0. The Morgan fingerprint density at radius 3 is 1.30 bits per heavy atom. The van der Waals surface area contributed by atoms with E-state index in [0.717, 1.165) is 0 Å². The molecule has 54 valence electrons. The highest BCUT2D eigenvalue weighted by Gasteiger charge is 1.57. The first-order chi connectivity index (χ1) is 4.91. The Hall–Kier alpha value is -1.35. The highest BCUT2D eigenvalue weighted by molar-refractivity contribution is 5.35. The van der Waals surface area contributed by atoms with Gasteiger partial charge >= 0.3 is 6.47 Å². The summed E-state index contributed by atoms with van der Waals surface area (Å²) in [7, 11) is 0. The van der Waals surface area contributed by atoms with Crippen molar-refractivity contribution < 1.29 is 14.9 Å². The van der Waals surface area contributed by atoms with Gasteiger partial charge in [-0.2, -0.15) is 0 Å². The fourth-order valence-electron chi connectivity index (χ4n) is 0.385. The Morgan fingerprint density at radius 2 is 1.20 bits per heavy atom. The molecule has 0 atom stereocenters. The van der Waals surface area contributed by atoms with Crippen LogP contribution in [0.25, 0.3) is 0 Å². The van der Waals surface area contributed by atoms with Crippen molar-refractivity contribution in [2.75, 3.05) is 0 Å². The molecular formula is C7H8O3. The van der Waals surface area contributed by atoms with Crippen LogP contribution in [0.1, 0.15) is 0 Å². The first-order valence-corrected chi connectivity index (χ1v) is 2.65. The molecule has 0 amide bonds. The Kier molecular flexibility index (Phi) is 6.62. The van der Waals surface area contributed by atoms with E-state index in [-0.39, 0.29) is 6.47 Å². The standard InChI is InChI=1S/C6H6.CH2O3/c1-2-4-6-5-3-1;2-1-4-3/h1-6H;1,3H. The minimum atomic E-state index is -0.0694. The molecule has 0 saturated heterocycles. The van der Waals surface area contributed by atoms with Crippen LogP contribution in [0.2, 0.25) is 0 Å². The molecule has 1 aromatic carbocycles. The Morgan fingerprint density at radius 1 is 1.00 bits per heavy atom. The van der Waals surface area contributed by atoms with E-state index in [2.05, 4.69) is 4.89 Å². The lowest BCUT2D eigenvalue weighted by Gasteiger charge is -1.69. The molecule has 1 N–H and O–H groups in total. The van der Waals surface area contributed by atoms with Crippen LogP contribution in [-0.2, 0) is 9.68 Å². The van der Waals surface area contributed by atoms with Crippen LogP contribution in [0.15, 0.2) is 36.4 Å². The van der Waals surface area contributed by atoms with Gasteiger partial charge in [0.05, 0.1) is 0 Å². The normalized spacial score (nSPS) is 6.90. The summed E-state index contributed by atoms with van der Waals surface area (Å²) >= 11 is 0. The number of carbonyl (C=O) groups is 1. The van der Waals surface area contributed by atoms with Crippen molar-refractivity contribution in [3.8, 4) is 0 Å². The lowest BCUT2D eigenvalue weighted by Crippen LogP contribution is -1.69. The van der Waals surface area contributed by atoms with E-state index in [0.29, 0.717) is 0 Å². The van der Waals surface area contributed by atoms with Crippen molar-refractivity contribution >= 4 is 6.47 Å². The van der Waals surface area contributed by atoms with E-state index in [1.165, 1.54) is 0 Å². The van der Waals surface area contributed by atoms with Crippen LogP contribution in [0, 0.1) is 0 Å². The van der Waals surface area contributed by atoms with Gasteiger partial charge in [0.15, 0.2) is 0 Å². The maximum Gasteiger partial charge on any atom is 0.330 e. The molecular weight excluding hydrogens is 132 g/mol. The summed E-state index contributed by atoms with van der Waals surface area (Å²) in [6.45, 7) is -0.0694. The fraction of sp³-hybridized carbons (Fsp3) is 0. The topological polar surface area (TPSA) is 46.5 Å². The van der Waals surface area contributed by atoms with Gasteiger partial charge in [-0.1, -0.05) is 36.4 Å². The van der Waals surface area contributed by atoms with Crippen molar-refractivity contribution in [2.24, 2.45) is 0 Å². The predicted molar refractivity (Wildman–Crippen MR) is 36.2 cm³/mol. The first-order valence-electron chi connectivity index (χ1n) is 2.65. The van der Waals surface area contributed by atoms with Gasteiger partial charge in [-0.05, 0) is 0 Å². The summed E-state index contributed by atoms with van der Waals surface area (Å²) in [5.74, 6) is 0. The monoisotopic (exact) mass is 140 g/mol. The first kappa shape index (κ1) is 8.65. The zero-order valence-corrected chi connectivity index (χ0v) is 5.31. The third-order valence-corrected chi connectivity index (χ3v) is 0.710. The molecule has 3 nitrogen and oxygen atoms in total. The summed E-state index contributed by atoms with van der Waals surface area (Å²) in [4.78, 5) is 11.6. The Balaban J connectivity index is 0.000000180. The van der Waals surface area contributed by atoms with Gasteiger partial charge in [-0.15, -0.1) is 0 Å². The van der Waals surface area contributed by atoms with E-state index in [1.54, 1.807) is 0 Å². The number of hydrogen-bond donors (Lipinski definition) is 1. The highest BCUT2D eigenvalue weighted by atomic mass is 17.1. The maximum atomic E-state index is 8.70. The predicted octanol–water partition coefficient (Wildman–Crippen LogP) is 1.32. The molecule has 3 heteroatoms. The van der Waals surface area contributed by atoms with Gasteiger partial charge in [0, 0.05) is 0 Å². The Labute approximate surface area is 58.8 Å². The third-order valence-electron chi connectivity index (χ3n) is 0.710. The second-order valence-corrected chi connectivity index (χ2v) is 1.36. The second kappa shape index (κ2) is 7.65. The molecule has 0 saturated carbocycles. The molecule has 0 heterocycles. The van der Waals surface area contributed by atoms with Crippen LogP contribution in [-0.4, -0.2) is 11.7 Å². The van der Waals surface area contributed by atoms with Crippen LogP contribution < -0.4 is 0 Å². The third kappa shape index (κ3) is 6.65. The minimum Gasteiger partial charge on any atom is -0.304 e. The van der Waals surface area contributed by atoms with E-state index in [4.69, 9.17) is 10.1 Å². The quantitative estimate of drug-likeness (QED) is 0.363. The second-order valence-electron chi connectivity index (χ2n) is 1.36. The van der Waals surface area contributed by atoms with Gasteiger partial charge in [-0.3, -0.25) is 4.79 Å². The summed E-state index contributed by atoms with van der Waals surface area (Å²) in [6, 6.07) is 12.0. The molecule has 0 aliphatic rings. The van der Waals surface area contributed by atoms with Crippen molar-refractivity contribution in [1.29, 1.82) is 0 Å². The molecule has 10 heavy (non-hydrogen) atoms. The van der Waals surface area contributed by atoms with Gasteiger partial charge < -0.3 is 4.89 Å². The molecule has 1 aromatic rings. The molecule has 0 spiro atoms. The average molecular weight is 140 g/mol. The van der Waals surface area contributed by atoms with E-state index < -0.39 is 0 Å². The van der Waals surface area contributed by atoms with Crippen molar-refractivity contribution in [2.45, 2.75) is 0 Å². The molecule has 0 bridgehead atoms. The van der Waals surface area contributed by atoms with Crippen LogP contribution >= 0.6 is 0 Å². The number of carbonyl (C=O) groups excluding carboxylic acids is 1. The van der Waals surface area contributed by atoms with Gasteiger partial charge in [0.25, 0.3) is 0 Å². The largest absolute Gasteiger partial charge is 0.330 e. The van der Waals surface area contributed by atoms with Gasteiger partial charge in [-0.25, -0.2) is 5.26 Å². The van der Waals surface area contributed by atoms with Crippen LogP contribution in [0.4, 0.5) is 0 Å². The molecule has 0 unspecified atom stereocenters. The maximum absolute atomic E-state index is 8.70. The summed E-state index contributed by atoms with van der Waals surface area (Å²) in [5.41, 5.74) is 0. The van der Waals surface area contributed by atoms with Crippen LogP contribution in [0.3, 0.4) is 0 Å². The number of rotatable bonds is 1. The average Bonchev–Trinajstić information content (AvgIpc) is 2.08.